The van der Waals surface area contributed by atoms with E-state index in [0.29, 0.717) is 63.5 Å². The van der Waals surface area contributed by atoms with Crippen molar-refractivity contribution in [2.45, 2.75) is 79.4 Å². The maximum Gasteiger partial charge on any atom is 0.470 e. The van der Waals surface area contributed by atoms with E-state index < -0.39 is 35.6 Å². The molecule has 0 aliphatic heterocycles. The van der Waals surface area contributed by atoms with Gasteiger partial charge in [-0.15, -0.1) is 11.3 Å². The number of fused-ring (bicyclic) bond motifs is 1. The molecule has 0 spiro atoms. The summed E-state index contributed by atoms with van der Waals surface area (Å²) in [6.45, 7) is 16.1. The second-order valence-corrected chi connectivity index (χ2v) is 17.0. The number of carbonyl (C=O) groups excluding carboxylic acids is 1. The van der Waals surface area contributed by atoms with Crippen molar-refractivity contribution in [2.75, 3.05) is 30.9 Å². The lowest BCUT2D eigenvalue weighted by Gasteiger charge is -2.60. The molecule has 0 aliphatic carbocycles. The third kappa shape index (κ3) is 9.59. The lowest BCUT2D eigenvalue weighted by molar-refractivity contribution is -0.176. The molecule has 0 bridgehead atoms. The third-order valence-electron chi connectivity index (χ3n) is 8.54. The third-order valence-corrected chi connectivity index (χ3v) is 9.96. The molecule has 4 rings (SSSR count). The van der Waals surface area contributed by atoms with Gasteiger partial charge in [0.15, 0.2) is 16.6 Å². The smallest absolute Gasteiger partial charge is 0.470 e. The number of hydrogen-bond donors (Lipinski definition) is 5. The molecule has 0 unspecified atom stereocenters. The number of hydrogen-bond acceptors (Lipinski definition) is 11. The SMILES string of the molecule is COc1cc2c(Nc3ncc(CC(=O)Nc4cccc(F)c4)s3)ncnc2cc1OCCCNC(C)(C)C(OP(=O)(O)O)(C(C)(C)C)C(C)(C)C. The molecule has 0 saturated heterocycles. The molecular formula is C35H48FN6O7PS. The van der Waals surface area contributed by atoms with Gasteiger partial charge in [-0.3, -0.25) is 9.32 Å². The van der Waals surface area contributed by atoms with Crippen molar-refractivity contribution in [2.24, 2.45) is 10.8 Å². The standard InChI is InChI=1S/C35H48FN6O7PS/c1-32(2,3)35(33(4,5)6,49-50(44,45)46)34(7,8)40-14-11-15-48-28-19-26-25(18-27(28)47-9)30(39-21-38-26)42-31-37-20-24(51-31)17-29(43)41-23-13-10-12-22(36)16-23/h10,12-13,16,18-21,40H,11,14-15,17H2,1-9H3,(H,41,43)(H2,44,45,46)(H,37,38,39,42). The van der Waals surface area contributed by atoms with Crippen LogP contribution in [0.4, 0.5) is 21.0 Å². The number of rotatable bonds is 15. The summed E-state index contributed by atoms with van der Waals surface area (Å²) in [5.41, 5.74) is -2.46. The number of methoxy groups -OCH3 is 1. The number of anilines is 3. The summed E-state index contributed by atoms with van der Waals surface area (Å²) in [5, 5.41) is 10.6. The number of ether oxygens (including phenoxy) is 2. The summed E-state index contributed by atoms with van der Waals surface area (Å²) in [5.74, 6) is 0.712. The van der Waals surface area contributed by atoms with Crippen LogP contribution in [0.15, 0.2) is 48.9 Å². The van der Waals surface area contributed by atoms with E-state index in [2.05, 4.69) is 30.9 Å². The van der Waals surface area contributed by atoms with Gasteiger partial charge in [-0.1, -0.05) is 47.6 Å². The highest BCUT2D eigenvalue weighted by Gasteiger charge is 2.63. The summed E-state index contributed by atoms with van der Waals surface area (Å²) in [7, 11) is -3.31. The van der Waals surface area contributed by atoms with Crippen molar-refractivity contribution < 1.29 is 37.5 Å². The van der Waals surface area contributed by atoms with Gasteiger partial charge in [0.05, 0.1) is 25.7 Å². The predicted octanol–water partition coefficient (Wildman–Crippen LogP) is 7.24. The lowest BCUT2D eigenvalue weighted by Crippen LogP contribution is -2.71. The topological polar surface area (TPSA) is 177 Å². The van der Waals surface area contributed by atoms with Gasteiger partial charge >= 0.3 is 7.82 Å². The average Bonchev–Trinajstić information content (AvgIpc) is 3.43. The van der Waals surface area contributed by atoms with Crippen molar-refractivity contribution >= 4 is 52.6 Å². The maximum absolute atomic E-state index is 13.5. The highest BCUT2D eigenvalue weighted by molar-refractivity contribution is 7.46. The molecule has 278 valence electrons. The first-order chi connectivity index (χ1) is 23.7. The zero-order valence-corrected chi connectivity index (χ0v) is 32.2. The molecule has 2 heterocycles. The van der Waals surface area contributed by atoms with Crippen LogP contribution in [0.25, 0.3) is 10.9 Å². The van der Waals surface area contributed by atoms with E-state index in [9.17, 15) is 23.5 Å². The van der Waals surface area contributed by atoms with Gasteiger partial charge < -0.3 is 35.2 Å². The lowest BCUT2D eigenvalue weighted by atomic mass is 9.55. The van der Waals surface area contributed by atoms with Crippen molar-refractivity contribution in [3.63, 3.8) is 0 Å². The first-order valence-corrected chi connectivity index (χ1v) is 18.7. The Morgan fingerprint density at radius 1 is 0.980 bits per heavy atom. The number of halogens is 1. The van der Waals surface area contributed by atoms with Crippen LogP contribution in [0.3, 0.4) is 0 Å². The number of benzene rings is 2. The quantitative estimate of drug-likeness (QED) is 0.0610. The maximum atomic E-state index is 13.5. The minimum atomic E-state index is -4.85. The van der Waals surface area contributed by atoms with Gasteiger partial charge in [-0.2, -0.15) is 0 Å². The van der Waals surface area contributed by atoms with E-state index in [1.165, 1.54) is 43.0 Å². The highest BCUT2D eigenvalue weighted by atomic mass is 32.1. The molecule has 4 aromatic rings. The Kier molecular flexibility index (Phi) is 12.2. The summed E-state index contributed by atoms with van der Waals surface area (Å²) in [6.07, 6.45) is 3.65. The zero-order chi connectivity index (χ0) is 37.8. The molecule has 51 heavy (non-hydrogen) atoms. The van der Waals surface area contributed by atoms with Crippen LogP contribution in [-0.4, -0.2) is 62.0 Å². The molecule has 1 amide bonds. The molecule has 0 radical (unpaired) electrons. The van der Waals surface area contributed by atoms with Gasteiger partial charge in [0.1, 0.15) is 23.6 Å². The number of amides is 1. The number of nitrogens with zero attached hydrogens (tertiary/aromatic N) is 3. The fraction of sp³-hybridized carbons (Fsp3) is 0.486. The number of thiazole rings is 1. The van der Waals surface area contributed by atoms with Crippen LogP contribution in [0.5, 0.6) is 11.5 Å². The van der Waals surface area contributed by atoms with Crippen molar-refractivity contribution in [3.8, 4) is 11.5 Å². The van der Waals surface area contributed by atoms with E-state index in [-0.39, 0.29) is 12.3 Å². The number of nitrogens with one attached hydrogen (secondary N) is 3. The molecule has 13 nitrogen and oxygen atoms in total. The number of carbonyl (C=O) groups is 1. The van der Waals surface area contributed by atoms with Crippen molar-refractivity contribution in [1.29, 1.82) is 0 Å². The normalized spacial score (nSPS) is 12.9. The van der Waals surface area contributed by atoms with E-state index in [4.69, 9.17) is 14.0 Å². The van der Waals surface area contributed by atoms with Gasteiger partial charge in [0.25, 0.3) is 0 Å². The monoisotopic (exact) mass is 746 g/mol. The van der Waals surface area contributed by atoms with Crippen LogP contribution in [0, 0.1) is 16.6 Å². The number of phosphoric acid groups is 1. The van der Waals surface area contributed by atoms with Crippen molar-refractivity contribution in [1.82, 2.24) is 20.3 Å². The van der Waals surface area contributed by atoms with Crippen LogP contribution >= 0.6 is 19.2 Å². The molecule has 5 N–H and O–H groups in total. The Morgan fingerprint density at radius 2 is 1.69 bits per heavy atom. The second-order valence-electron chi connectivity index (χ2n) is 14.8. The Morgan fingerprint density at radius 3 is 2.31 bits per heavy atom. The molecule has 2 aromatic heterocycles. The van der Waals surface area contributed by atoms with Crippen LogP contribution in [0.1, 0.15) is 66.7 Å². The predicted molar refractivity (Wildman–Crippen MR) is 197 cm³/mol. The van der Waals surface area contributed by atoms with Gasteiger partial charge in [-0.25, -0.2) is 23.9 Å². The van der Waals surface area contributed by atoms with Gasteiger partial charge in [0, 0.05) is 33.8 Å². The van der Waals surface area contributed by atoms with E-state index >= 15 is 0 Å². The minimum absolute atomic E-state index is 0.0666. The van der Waals surface area contributed by atoms with Crippen molar-refractivity contribution in [3.05, 3.63) is 59.6 Å². The largest absolute Gasteiger partial charge is 0.493 e. The fourth-order valence-electron chi connectivity index (χ4n) is 7.26. The number of phosphoric ester groups is 1. The minimum Gasteiger partial charge on any atom is -0.493 e. The van der Waals surface area contributed by atoms with E-state index in [1.54, 1.807) is 24.4 Å². The molecule has 0 aliphatic rings. The highest BCUT2D eigenvalue weighted by Crippen LogP contribution is 2.59. The first kappa shape index (κ1) is 40.1. The Hall–Kier alpha value is -3.72. The summed E-state index contributed by atoms with van der Waals surface area (Å²) >= 11 is 1.29. The molecule has 0 fully saturated rings. The fourth-order valence-corrected chi connectivity index (χ4v) is 9.20. The summed E-state index contributed by atoms with van der Waals surface area (Å²) in [6, 6.07) is 9.24. The van der Waals surface area contributed by atoms with Crippen LogP contribution < -0.4 is 25.4 Å². The summed E-state index contributed by atoms with van der Waals surface area (Å²) < 4.78 is 43.2. The molecule has 16 heteroatoms. The summed E-state index contributed by atoms with van der Waals surface area (Å²) in [4.78, 5) is 46.3. The molecule has 2 aromatic carbocycles. The van der Waals surface area contributed by atoms with Gasteiger partial charge in [0.2, 0.25) is 5.91 Å². The molecule has 0 atom stereocenters. The van der Waals surface area contributed by atoms with E-state index in [1.807, 2.05) is 55.4 Å². The van der Waals surface area contributed by atoms with E-state index in [0.717, 1.165) is 0 Å². The van der Waals surface area contributed by atoms with Gasteiger partial charge in [-0.05, 0) is 61.9 Å². The average molecular weight is 747 g/mol. The number of aromatic nitrogens is 3. The molecular weight excluding hydrogens is 698 g/mol. The molecule has 0 saturated carbocycles. The Bertz CT molecular complexity index is 1870. The second kappa shape index (κ2) is 15.5. The Labute approximate surface area is 302 Å². The van der Waals surface area contributed by atoms with Crippen LogP contribution in [0.2, 0.25) is 0 Å². The Balaban J connectivity index is 1.42. The van der Waals surface area contributed by atoms with Crippen LogP contribution in [-0.2, 0) is 20.3 Å². The first-order valence-electron chi connectivity index (χ1n) is 16.4. The zero-order valence-electron chi connectivity index (χ0n) is 30.5.